The third kappa shape index (κ3) is 3.37. The van der Waals surface area contributed by atoms with Gasteiger partial charge >= 0.3 is 0 Å². The number of carbonyl (C=O) groups excluding carboxylic acids is 1. The Balaban J connectivity index is 1.68. The highest BCUT2D eigenvalue weighted by molar-refractivity contribution is 6.21. The van der Waals surface area contributed by atoms with Crippen molar-refractivity contribution in [2.75, 3.05) is 5.01 Å². The van der Waals surface area contributed by atoms with E-state index in [0.29, 0.717) is 18.0 Å². The number of amides is 1. The molecule has 0 saturated heterocycles. The highest BCUT2D eigenvalue weighted by atomic mass is 16.6. The first-order chi connectivity index (χ1) is 13.6. The second-order valence-corrected chi connectivity index (χ2v) is 6.37. The van der Waals surface area contributed by atoms with Crippen molar-refractivity contribution >= 4 is 23.1 Å². The minimum Gasteiger partial charge on any atom is -0.272 e. The zero-order valence-electron chi connectivity index (χ0n) is 14.8. The molecule has 1 aliphatic heterocycles. The topological polar surface area (TPSA) is 88.7 Å². The van der Waals surface area contributed by atoms with Crippen LogP contribution in [0, 0.1) is 16.0 Å². The van der Waals surface area contributed by atoms with Crippen LogP contribution < -0.4 is 5.01 Å². The Hall–Kier alpha value is -3.87. The Bertz CT molecular complexity index is 1030. The lowest BCUT2D eigenvalue weighted by Crippen LogP contribution is -2.29. The summed E-state index contributed by atoms with van der Waals surface area (Å²) < 4.78 is 0. The molecule has 1 unspecified atom stereocenters. The third-order valence-corrected chi connectivity index (χ3v) is 4.57. The lowest BCUT2D eigenvalue weighted by atomic mass is 9.90. The number of benzene rings is 2. The highest BCUT2D eigenvalue weighted by Crippen LogP contribution is 2.28. The summed E-state index contributed by atoms with van der Waals surface area (Å²) in [5, 5.41) is 16.8. The molecule has 2 heterocycles. The molecular weight excluding hydrogens is 356 g/mol. The molecular formula is C21H16N4O3. The fourth-order valence-electron chi connectivity index (χ4n) is 3.18. The lowest BCUT2D eigenvalue weighted by molar-refractivity contribution is -0.384. The Morgan fingerprint density at radius 1 is 0.964 bits per heavy atom. The van der Waals surface area contributed by atoms with Gasteiger partial charge in [0.15, 0.2) is 5.82 Å². The normalized spacial score (nSPS) is 16.1. The molecule has 3 aromatic rings. The standard InChI is InChI=1S/C21H16N4O3/c26-21-18(14-15-9-11-17(12-10-15)25(27)28)20(16-6-2-1-3-7-16)23-24(21)19-8-4-5-13-22-19/h1-13,18H,14H2. The molecule has 0 N–H and O–H groups in total. The lowest BCUT2D eigenvalue weighted by Gasteiger charge is -2.14. The summed E-state index contributed by atoms with van der Waals surface area (Å²) in [7, 11) is 0. The van der Waals surface area contributed by atoms with Crippen LogP contribution in [0.1, 0.15) is 11.1 Å². The molecule has 0 bridgehead atoms. The van der Waals surface area contributed by atoms with Gasteiger partial charge in [-0.3, -0.25) is 14.9 Å². The first kappa shape index (κ1) is 17.5. The number of nitro groups is 1. The summed E-state index contributed by atoms with van der Waals surface area (Å²) in [6.07, 6.45) is 2.01. The summed E-state index contributed by atoms with van der Waals surface area (Å²) in [5.41, 5.74) is 2.37. The van der Waals surface area contributed by atoms with E-state index in [1.807, 2.05) is 30.3 Å². The Kier molecular flexibility index (Phi) is 4.63. The molecule has 0 radical (unpaired) electrons. The van der Waals surface area contributed by atoms with Crippen LogP contribution in [0.15, 0.2) is 84.1 Å². The van der Waals surface area contributed by atoms with Crippen LogP contribution in [0.25, 0.3) is 0 Å². The summed E-state index contributed by atoms with van der Waals surface area (Å²) in [5.74, 6) is -0.200. The van der Waals surface area contributed by atoms with E-state index in [0.717, 1.165) is 11.1 Å². The molecule has 0 aliphatic carbocycles. The van der Waals surface area contributed by atoms with Gasteiger partial charge < -0.3 is 0 Å². The predicted molar refractivity (Wildman–Crippen MR) is 105 cm³/mol. The molecule has 1 aromatic heterocycles. The van der Waals surface area contributed by atoms with Gasteiger partial charge in [-0.05, 0) is 29.7 Å². The largest absolute Gasteiger partial charge is 0.272 e. The van der Waals surface area contributed by atoms with Gasteiger partial charge in [-0.15, -0.1) is 0 Å². The maximum Gasteiger partial charge on any atom is 0.269 e. The van der Waals surface area contributed by atoms with Crippen LogP contribution in [0.2, 0.25) is 0 Å². The first-order valence-electron chi connectivity index (χ1n) is 8.76. The number of non-ortho nitro benzene ring substituents is 1. The third-order valence-electron chi connectivity index (χ3n) is 4.57. The number of hydrazone groups is 1. The van der Waals surface area contributed by atoms with E-state index in [-0.39, 0.29) is 11.6 Å². The fourth-order valence-corrected chi connectivity index (χ4v) is 3.18. The van der Waals surface area contributed by atoms with Crippen molar-refractivity contribution in [2.24, 2.45) is 11.0 Å². The summed E-state index contributed by atoms with van der Waals surface area (Å²) in [4.78, 5) is 27.8. The van der Waals surface area contributed by atoms with Crippen molar-refractivity contribution in [3.63, 3.8) is 0 Å². The average Bonchev–Trinajstić information content (AvgIpc) is 3.06. The van der Waals surface area contributed by atoms with E-state index in [4.69, 9.17) is 0 Å². The number of nitro benzene ring substituents is 1. The maximum atomic E-state index is 13.1. The average molecular weight is 372 g/mol. The smallest absolute Gasteiger partial charge is 0.269 e. The summed E-state index contributed by atoms with van der Waals surface area (Å²) in [6.45, 7) is 0. The zero-order valence-corrected chi connectivity index (χ0v) is 14.8. The van der Waals surface area contributed by atoms with Gasteiger partial charge in [0.1, 0.15) is 0 Å². The van der Waals surface area contributed by atoms with Gasteiger partial charge in [-0.25, -0.2) is 4.98 Å². The second kappa shape index (κ2) is 7.40. The molecule has 0 saturated carbocycles. The van der Waals surface area contributed by atoms with Crippen molar-refractivity contribution in [1.29, 1.82) is 0 Å². The molecule has 28 heavy (non-hydrogen) atoms. The molecule has 7 heteroatoms. The van der Waals surface area contributed by atoms with Crippen LogP contribution in [-0.4, -0.2) is 21.5 Å². The molecule has 2 aromatic carbocycles. The van der Waals surface area contributed by atoms with E-state index in [9.17, 15) is 14.9 Å². The van der Waals surface area contributed by atoms with Gasteiger partial charge in [0.25, 0.3) is 11.6 Å². The van der Waals surface area contributed by atoms with Crippen LogP contribution in [0.5, 0.6) is 0 Å². The number of carbonyl (C=O) groups is 1. The Labute approximate surface area is 161 Å². The highest BCUT2D eigenvalue weighted by Gasteiger charge is 2.37. The number of hydrogen-bond acceptors (Lipinski definition) is 5. The second-order valence-electron chi connectivity index (χ2n) is 6.37. The van der Waals surface area contributed by atoms with E-state index in [1.54, 1.807) is 36.5 Å². The molecule has 1 aliphatic rings. The van der Waals surface area contributed by atoms with Gasteiger partial charge in [-0.1, -0.05) is 48.5 Å². The number of anilines is 1. The number of aromatic nitrogens is 1. The van der Waals surface area contributed by atoms with E-state index in [2.05, 4.69) is 10.1 Å². The van der Waals surface area contributed by atoms with Crippen molar-refractivity contribution < 1.29 is 9.72 Å². The van der Waals surface area contributed by atoms with Crippen LogP contribution in [-0.2, 0) is 11.2 Å². The monoisotopic (exact) mass is 372 g/mol. The minimum absolute atomic E-state index is 0.0218. The molecule has 0 spiro atoms. The molecule has 0 fully saturated rings. The fraction of sp³-hybridized carbons (Fsp3) is 0.0952. The number of nitrogens with zero attached hydrogens (tertiary/aromatic N) is 4. The molecule has 138 valence electrons. The summed E-state index contributed by atoms with van der Waals surface area (Å²) in [6, 6.07) is 21.1. The summed E-state index contributed by atoms with van der Waals surface area (Å²) >= 11 is 0. The zero-order chi connectivity index (χ0) is 19.5. The maximum absolute atomic E-state index is 13.1. The van der Waals surface area contributed by atoms with Gasteiger partial charge in [0.2, 0.25) is 0 Å². The number of hydrogen-bond donors (Lipinski definition) is 0. The Morgan fingerprint density at radius 2 is 1.68 bits per heavy atom. The van der Waals surface area contributed by atoms with Crippen molar-refractivity contribution in [3.05, 3.63) is 100 Å². The van der Waals surface area contributed by atoms with Gasteiger partial charge in [-0.2, -0.15) is 10.1 Å². The van der Waals surface area contributed by atoms with Gasteiger partial charge in [0, 0.05) is 18.3 Å². The molecule has 4 rings (SSSR count). The van der Waals surface area contributed by atoms with E-state index < -0.39 is 10.8 Å². The molecule has 7 nitrogen and oxygen atoms in total. The van der Waals surface area contributed by atoms with Crippen LogP contribution >= 0.6 is 0 Å². The number of rotatable bonds is 5. The Morgan fingerprint density at radius 3 is 2.32 bits per heavy atom. The molecule has 1 amide bonds. The number of pyridine rings is 1. The quantitative estimate of drug-likeness (QED) is 0.506. The van der Waals surface area contributed by atoms with Crippen molar-refractivity contribution in [3.8, 4) is 0 Å². The van der Waals surface area contributed by atoms with Gasteiger partial charge in [0.05, 0.1) is 16.6 Å². The van der Waals surface area contributed by atoms with E-state index in [1.165, 1.54) is 17.1 Å². The minimum atomic E-state index is -0.495. The van der Waals surface area contributed by atoms with Crippen molar-refractivity contribution in [2.45, 2.75) is 6.42 Å². The van der Waals surface area contributed by atoms with E-state index >= 15 is 0 Å². The molecule has 1 atom stereocenters. The van der Waals surface area contributed by atoms with Crippen LogP contribution in [0.4, 0.5) is 11.5 Å². The van der Waals surface area contributed by atoms with Crippen molar-refractivity contribution in [1.82, 2.24) is 4.98 Å². The first-order valence-corrected chi connectivity index (χ1v) is 8.76. The SMILES string of the molecule is O=C1C(Cc2ccc([N+](=O)[O-])cc2)C(c2ccccc2)=NN1c1ccccn1. The predicted octanol–water partition coefficient (Wildman–Crippen LogP) is 3.60. The van der Waals surface area contributed by atoms with Crippen LogP contribution in [0.3, 0.4) is 0 Å².